The van der Waals surface area contributed by atoms with Gasteiger partial charge in [-0.15, -0.1) is 0 Å². The Hall–Kier alpha value is -3.34. The molecule has 1 N–H and O–H groups in total. The van der Waals surface area contributed by atoms with E-state index >= 15 is 0 Å². The number of esters is 1. The number of rotatable bonds is 6. The van der Waals surface area contributed by atoms with Crippen LogP contribution < -0.4 is 10.1 Å². The van der Waals surface area contributed by atoms with E-state index in [1.165, 1.54) is 0 Å². The zero-order valence-electron chi connectivity index (χ0n) is 15.3. The maximum Gasteiger partial charge on any atom is 0.344 e. The number of hydrogen-bond donors (Lipinski definition) is 1. The van der Waals surface area contributed by atoms with E-state index in [-0.39, 0.29) is 13.2 Å². The van der Waals surface area contributed by atoms with Gasteiger partial charge in [-0.3, -0.25) is 4.79 Å². The highest BCUT2D eigenvalue weighted by atomic mass is 16.6. The molecule has 0 fully saturated rings. The van der Waals surface area contributed by atoms with Crippen LogP contribution in [0.1, 0.15) is 11.1 Å². The maximum absolute atomic E-state index is 12.1. The van der Waals surface area contributed by atoms with Crippen molar-refractivity contribution < 1.29 is 19.1 Å². The number of hydrogen-bond acceptors (Lipinski definition) is 4. The van der Waals surface area contributed by atoms with Gasteiger partial charge in [0.1, 0.15) is 5.75 Å². The zero-order chi connectivity index (χ0) is 19.2. The molecule has 0 radical (unpaired) electrons. The first-order valence-electron chi connectivity index (χ1n) is 8.65. The van der Waals surface area contributed by atoms with Gasteiger partial charge in [-0.1, -0.05) is 42.5 Å². The molecule has 0 saturated heterocycles. The zero-order valence-corrected chi connectivity index (χ0v) is 15.3. The van der Waals surface area contributed by atoms with Crippen LogP contribution in [0.25, 0.3) is 10.8 Å². The molecular formula is C22H21NO4. The average Bonchev–Trinajstić information content (AvgIpc) is 2.64. The first-order valence-corrected chi connectivity index (χ1v) is 8.65. The fraction of sp³-hybridized carbons (Fsp3) is 0.182. The number of aryl methyl sites for hydroxylation is 2. The van der Waals surface area contributed by atoms with Crippen LogP contribution in [-0.2, 0) is 14.3 Å². The van der Waals surface area contributed by atoms with Gasteiger partial charge in [-0.2, -0.15) is 0 Å². The molecular weight excluding hydrogens is 342 g/mol. The molecule has 1 amide bonds. The van der Waals surface area contributed by atoms with Gasteiger partial charge in [0.2, 0.25) is 0 Å². The van der Waals surface area contributed by atoms with E-state index in [9.17, 15) is 9.59 Å². The van der Waals surface area contributed by atoms with Crippen molar-refractivity contribution in [3.63, 3.8) is 0 Å². The summed E-state index contributed by atoms with van der Waals surface area (Å²) in [6, 6.07) is 19.1. The number of anilines is 1. The standard InChI is InChI=1S/C22H21NO4/c1-15-10-16(2)12-18(11-15)26-14-22(25)27-13-21(24)23-20-9-5-7-17-6-3-4-8-19(17)20/h3-12H,13-14H2,1-2H3,(H,23,24). The van der Waals surface area contributed by atoms with Crippen LogP contribution in [0.3, 0.4) is 0 Å². The topological polar surface area (TPSA) is 64.6 Å². The van der Waals surface area contributed by atoms with E-state index in [2.05, 4.69) is 5.32 Å². The van der Waals surface area contributed by atoms with Gasteiger partial charge in [0.15, 0.2) is 13.2 Å². The number of carbonyl (C=O) groups is 2. The lowest BCUT2D eigenvalue weighted by Crippen LogP contribution is -2.23. The van der Waals surface area contributed by atoms with E-state index in [0.717, 1.165) is 21.9 Å². The van der Waals surface area contributed by atoms with Crippen molar-refractivity contribution in [1.82, 2.24) is 0 Å². The predicted molar refractivity (Wildman–Crippen MR) is 105 cm³/mol. The number of carbonyl (C=O) groups excluding carboxylic acids is 2. The Morgan fingerprint density at radius 1 is 0.889 bits per heavy atom. The normalized spacial score (nSPS) is 10.4. The minimum atomic E-state index is -0.595. The summed E-state index contributed by atoms with van der Waals surface area (Å²) in [5, 5.41) is 4.72. The number of amides is 1. The van der Waals surface area contributed by atoms with Crippen LogP contribution in [0.4, 0.5) is 5.69 Å². The smallest absolute Gasteiger partial charge is 0.344 e. The Balaban J connectivity index is 1.50. The average molecular weight is 363 g/mol. The lowest BCUT2D eigenvalue weighted by molar-refractivity contribution is -0.149. The molecule has 0 saturated carbocycles. The van der Waals surface area contributed by atoms with Gasteiger partial charge in [0, 0.05) is 11.1 Å². The van der Waals surface area contributed by atoms with Crippen molar-refractivity contribution in [2.75, 3.05) is 18.5 Å². The fourth-order valence-electron chi connectivity index (χ4n) is 2.87. The van der Waals surface area contributed by atoms with Crippen molar-refractivity contribution in [2.45, 2.75) is 13.8 Å². The lowest BCUT2D eigenvalue weighted by Gasteiger charge is -2.10. The minimum absolute atomic E-state index is 0.246. The van der Waals surface area contributed by atoms with Gasteiger partial charge in [-0.25, -0.2) is 4.79 Å². The minimum Gasteiger partial charge on any atom is -0.482 e. The largest absolute Gasteiger partial charge is 0.482 e. The van der Waals surface area contributed by atoms with E-state index in [1.54, 1.807) is 0 Å². The summed E-state index contributed by atoms with van der Waals surface area (Å²) in [7, 11) is 0. The van der Waals surface area contributed by atoms with Gasteiger partial charge in [0.25, 0.3) is 5.91 Å². The first kappa shape index (κ1) is 18.5. The van der Waals surface area contributed by atoms with E-state index < -0.39 is 11.9 Å². The Kier molecular flexibility index (Phi) is 5.71. The molecule has 0 bridgehead atoms. The highest BCUT2D eigenvalue weighted by Crippen LogP contribution is 2.22. The molecule has 5 nitrogen and oxygen atoms in total. The summed E-state index contributed by atoms with van der Waals surface area (Å²) in [5.74, 6) is -0.391. The third kappa shape index (κ3) is 5.07. The Morgan fingerprint density at radius 3 is 2.37 bits per heavy atom. The van der Waals surface area contributed by atoms with E-state index in [4.69, 9.17) is 9.47 Å². The SMILES string of the molecule is Cc1cc(C)cc(OCC(=O)OCC(=O)Nc2cccc3ccccc23)c1. The van der Waals surface area contributed by atoms with Crippen LogP contribution in [-0.4, -0.2) is 25.1 Å². The number of nitrogens with one attached hydrogen (secondary N) is 1. The molecule has 0 aromatic heterocycles. The maximum atomic E-state index is 12.1. The Morgan fingerprint density at radius 2 is 1.59 bits per heavy atom. The fourth-order valence-corrected chi connectivity index (χ4v) is 2.87. The van der Waals surface area contributed by atoms with Crippen molar-refractivity contribution in [1.29, 1.82) is 0 Å². The van der Waals surface area contributed by atoms with Crippen LogP contribution >= 0.6 is 0 Å². The van der Waals surface area contributed by atoms with Crippen molar-refractivity contribution in [2.24, 2.45) is 0 Å². The quantitative estimate of drug-likeness (QED) is 0.672. The number of benzene rings is 3. The summed E-state index contributed by atoms with van der Waals surface area (Å²) >= 11 is 0. The Bertz CT molecular complexity index is 955. The second kappa shape index (κ2) is 8.36. The summed E-state index contributed by atoms with van der Waals surface area (Å²) in [5.41, 5.74) is 2.78. The van der Waals surface area contributed by atoms with Gasteiger partial charge in [0.05, 0.1) is 0 Å². The first-order chi connectivity index (χ1) is 13.0. The predicted octanol–water partition coefficient (Wildman–Crippen LogP) is 4.02. The summed E-state index contributed by atoms with van der Waals surface area (Å²) < 4.78 is 10.4. The van der Waals surface area contributed by atoms with Crippen LogP contribution in [0.15, 0.2) is 60.7 Å². The van der Waals surface area contributed by atoms with Gasteiger partial charge >= 0.3 is 5.97 Å². The molecule has 0 aliphatic carbocycles. The molecule has 0 heterocycles. The summed E-state index contributed by atoms with van der Waals surface area (Å²) in [6.45, 7) is 3.30. The summed E-state index contributed by atoms with van der Waals surface area (Å²) in [6.07, 6.45) is 0. The molecule has 0 spiro atoms. The molecule has 3 rings (SSSR count). The van der Waals surface area contributed by atoms with E-state index in [0.29, 0.717) is 11.4 Å². The highest BCUT2D eigenvalue weighted by molar-refractivity contribution is 6.02. The molecule has 3 aromatic rings. The van der Waals surface area contributed by atoms with Crippen molar-refractivity contribution >= 4 is 28.3 Å². The third-order valence-electron chi connectivity index (χ3n) is 3.98. The molecule has 5 heteroatoms. The van der Waals surface area contributed by atoms with Crippen LogP contribution in [0.2, 0.25) is 0 Å². The molecule has 0 aliphatic rings. The lowest BCUT2D eigenvalue weighted by atomic mass is 10.1. The van der Waals surface area contributed by atoms with Crippen LogP contribution in [0, 0.1) is 13.8 Å². The van der Waals surface area contributed by atoms with Crippen molar-refractivity contribution in [3.8, 4) is 5.75 Å². The Labute approximate surface area is 157 Å². The van der Waals surface area contributed by atoms with Gasteiger partial charge in [-0.05, 0) is 48.6 Å². The second-order valence-corrected chi connectivity index (χ2v) is 6.35. The molecule has 0 unspecified atom stereocenters. The van der Waals surface area contributed by atoms with E-state index in [1.807, 2.05) is 74.5 Å². The monoisotopic (exact) mass is 363 g/mol. The second-order valence-electron chi connectivity index (χ2n) is 6.35. The third-order valence-corrected chi connectivity index (χ3v) is 3.98. The number of ether oxygens (including phenoxy) is 2. The molecule has 0 aliphatic heterocycles. The number of fused-ring (bicyclic) bond motifs is 1. The molecule has 27 heavy (non-hydrogen) atoms. The summed E-state index contributed by atoms with van der Waals surface area (Å²) in [4.78, 5) is 23.9. The van der Waals surface area contributed by atoms with Crippen LogP contribution in [0.5, 0.6) is 5.75 Å². The van der Waals surface area contributed by atoms with Gasteiger partial charge < -0.3 is 14.8 Å². The van der Waals surface area contributed by atoms with Crippen molar-refractivity contribution in [3.05, 3.63) is 71.8 Å². The molecule has 138 valence electrons. The molecule has 0 atom stereocenters. The molecule has 3 aromatic carbocycles. The highest BCUT2D eigenvalue weighted by Gasteiger charge is 2.10.